The van der Waals surface area contributed by atoms with Crippen molar-refractivity contribution in [2.75, 3.05) is 0 Å². The van der Waals surface area contributed by atoms with E-state index in [1.165, 1.54) is 0 Å². The van der Waals surface area contributed by atoms with E-state index in [1.807, 2.05) is 0 Å². The summed E-state index contributed by atoms with van der Waals surface area (Å²) >= 11 is 0. The molecule has 0 amide bonds. The van der Waals surface area contributed by atoms with E-state index in [1.54, 1.807) is 0 Å². The van der Waals surface area contributed by atoms with Crippen LogP contribution >= 0.6 is 0 Å². The minimum Gasteiger partial charge on any atom is -0.120 e. The molecular formula is C11H8. The summed E-state index contributed by atoms with van der Waals surface area (Å²) in [5.41, 5.74) is -0.733. The van der Waals surface area contributed by atoms with E-state index in [0.717, 1.165) is 0 Å². The van der Waals surface area contributed by atoms with E-state index >= 15 is 0 Å². The van der Waals surface area contributed by atoms with Crippen molar-refractivity contribution in [3.63, 3.8) is 0 Å². The van der Waals surface area contributed by atoms with Crippen LogP contribution in [0.25, 0.3) is 0 Å². The van der Waals surface area contributed by atoms with Crippen molar-refractivity contribution in [3.8, 4) is 49.4 Å². The Hall–Kier alpha value is -1.76. The first-order valence-corrected chi connectivity index (χ1v) is 3.07. The third-order valence-corrected chi connectivity index (χ3v) is 1.36. The quantitative estimate of drug-likeness (QED) is 0.507. The van der Waals surface area contributed by atoms with Gasteiger partial charge in [-0.2, -0.15) is 0 Å². The SMILES string of the molecule is C#CCC(C#C)(C#C)CC#C. The molecule has 0 fully saturated rings. The summed E-state index contributed by atoms with van der Waals surface area (Å²) in [6.45, 7) is 0. The zero-order valence-electron chi connectivity index (χ0n) is 6.22. The number of terminal acetylenes is 4. The zero-order chi connectivity index (χ0) is 8.74. The topological polar surface area (TPSA) is 0 Å². The minimum absolute atomic E-state index is 0.337. The van der Waals surface area contributed by atoms with Gasteiger partial charge in [-0.05, 0) is 0 Å². The van der Waals surface area contributed by atoms with E-state index in [-0.39, 0.29) is 0 Å². The second-order valence-corrected chi connectivity index (χ2v) is 2.13. The van der Waals surface area contributed by atoms with Crippen molar-refractivity contribution >= 4 is 0 Å². The molecule has 0 N–H and O–H groups in total. The highest BCUT2D eigenvalue weighted by atomic mass is 14.2. The second kappa shape index (κ2) is 4.12. The van der Waals surface area contributed by atoms with Crippen LogP contribution in [-0.4, -0.2) is 0 Å². The highest BCUT2D eigenvalue weighted by molar-refractivity contribution is 5.27. The van der Waals surface area contributed by atoms with Crippen LogP contribution in [0.15, 0.2) is 0 Å². The van der Waals surface area contributed by atoms with Crippen molar-refractivity contribution in [2.24, 2.45) is 5.41 Å². The Morgan fingerprint density at radius 2 is 1.18 bits per heavy atom. The monoisotopic (exact) mass is 140 g/mol. The maximum absolute atomic E-state index is 5.21. The lowest BCUT2D eigenvalue weighted by molar-refractivity contribution is 0.575. The van der Waals surface area contributed by atoms with Gasteiger partial charge in [-0.1, -0.05) is 11.8 Å². The summed E-state index contributed by atoms with van der Waals surface area (Å²) in [7, 11) is 0. The van der Waals surface area contributed by atoms with Crippen molar-refractivity contribution < 1.29 is 0 Å². The first-order chi connectivity index (χ1) is 5.24. The summed E-state index contributed by atoms with van der Waals surface area (Å²) in [4.78, 5) is 0. The van der Waals surface area contributed by atoms with Gasteiger partial charge in [-0.25, -0.2) is 0 Å². The smallest absolute Gasteiger partial charge is 0.113 e. The fourth-order valence-corrected chi connectivity index (χ4v) is 0.657. The average molecular weight is 140 g/mol. The van der Waals surface area contributed by atoms with Crippen LogP contribution in [0.2, 0.25) is 0 Å². The normalized spacial score (nSPS) is 8.36. The Kier molecular flexibility index (Phi) is 3.46. The molecule has 0 radical (unpaired) electrons. The van der Waals surface area contributed by atoms with E-state index in [2.05, 4.69) is 23.7 Å². The minimum atomic E-state index is -0.733. The van der Waals surface area contributed by atoms with Crippen LogP contribution in [0.3, 0.4) is 0 Å². The van der Waals surface area contributed by atoms with Gasteiger partial charge in [0.25, 0.3) is 0 Å². The standard InChI is InChI=1S/C11H8/c1-5-9-11(7-3,8-4)10-6-2/h1-4H,9-10H2. The van der Waals surface area contributed by atoms with Gasteiger partial charge in [-0.3, -0.25) is 0 Å². The van der Waals surface area contributed by atoms with Crippen molar-refractivity contribution in [2.45, 2.75) is 12.8 Å². The number of rotatable bonds is 2. The van der Waals surface area contributed by atoms with Crippen LogP contribution < -0.4 is 0 Å². The molecule has 0 spiro atoms. The lowest BCUT2D eigenvalue weighted by Gasteiger charge is -2.15. The Labute approximate surface area is 68.4 Å². The largest absolute Gasteiger partial charge is 0.120 e. The summed E-state index contributed by atoms with van der Waals surface area (Å²) in [5.74, 6) is 9.72. The van der Waals surface area contributed by atoms with Crippen LogP contribution in [0, 0.1) is 54.8 Å². The first kappa shape index (κ1) is 9.24. The molecule has 0 bridgehead atoms. The molecule has 0 aromatic heterocycles. The van der Waals surface area contributed by atoms with E-state index in [9.17, 15) is 0 Å². The lowest BCUT2D eigenvalue weighted by Crippen LogP contribution is -2.13. The number of hydrogen-bond donors (Lipinski definition) is 0. The van der Waals surface area contributed by atoms with Gasteiger partial charge in [0.1, 0.15) is 5.41 Å². The van der Waals surface area contributed by atoms with Crippen molar-refractivity contribution in [1.29, 1.82) is 0 Å². The molecule has 11 heavy (non-hydrogen) atoms. The highest BCUT2D eigenvalue weighted by Crippen LogP contribution is 2.23. The molecule has 0 nitrogen and oxygen atoms in total. The summed E-state index contributed by atoms with van der Waals surface area (Å²) in [6, 6.07) is 0. The Morgan fingerprint density at radius 1 is 0.818 bits per heavy atom. The van der Waals surface area contributed by atoms with Gasteiger partial charge in [0.05, 0.1) is 0 Å². The zero-order valence-corrected chi connectivity index (χ0v) is 6.22. The molecule has 0 aliphatic heterocycles. The van der Waals surface area contributed by atoms with Gasteiger partial charge in [0, 0.05) is 12.8 Å². The molecular weight excluding hydrogens is 132 g/mol. The molecule has 0 aromatic rings. The third kappa shape index (κ3) is 2.14. The van der Waals surface area contributed by atoms with Gasteiger partial charge < -0.3 is 0 Å². The lowest BCUT2D eigenvalue weighted by atomic mass is 9.84. The third-order valence-electron chi connectivity index (χ3n) is 1.36. The molecule has 0 aliphatic carbocycles. The van der Waals surface area contributed by atoms with Gasteiger partial charge in [0.15, 0.2) is 0 Å². The Bertz CT molecular complexity index is 248. The molecule has 0 aromatic carbocycles. The van der Waals surface area contributed by atoms with Gasteiger partial charge >= 0.3 is 0 Å². The van der Waals surface area contributed by atoms with Crippen LogP contribution in [0.1, 0.15) is 12.8 Å². The molecule has 0 unspecified atom stereocenters. The highest BCUT2D eigenvalue weighted by Gasteiger charge is 2.21. The number of hydrogen-bond acceptors (Lipinski definition) is 0. The van der Waals surface area contributed by atoms with E-state index in [4.69, 9.17) is 25.7 Å². The summed E-state index contributed by atoms with van der Waals surface area (Å²) in [6.07, 6.45) is 21.3. The fraction of sp³-hybridized carbons (Fsp3) is 0.273. The molecule has 0 saturated heterocycles. The predicted molar refractivity (Wildman–Crippen MR) is 47.0 cm³/mol. The van der Waals surface area contributed by atoms with Crippen LogP contribution in [0.4, 0.5) is 0 Å². The summed E-state index contributed by atoms with van der Waals surface area (Å²) < 4.78 is 0. The average Bonchev–Trinajstić information content (AvgIpc) is 2.04. The second-order valence-electron chi connectivity index (χ2n) is 2.13. The van der Waals surface area contributed by atoms with Gasteiger partial charge in [-0.15, -0.1) is 37.5 Å². The van der Waals surface area contributed by atoms with E-state index in [0.29, 0.717) is 12.8 Å². The van der Waals surface area contributed by atoms with Crippen molar-refractivity contribution in [3.05, 3.63) is 0 Å². The van der Waals surface area contributed by atoms with Gasteiger partial charge in [0.2, 0.25) is 0 Å². The first-order valence-electron chi connectivity index (χ1n) is 3.07. The summed E-state index contributed by atoms with van der Waals surface area (Å²) in [5, 5.41) is 0. The Morgan fingerprint density at radius 3 is 1.36 bits per heavy atom. The predicted octanol–water partition coefficient (Wildman–Crippen LogP) is 1.29. The maximum Gasteiger partial charge on any atom is 0.113 e. The molecule has 0 rings (SSSR count). The molecule has 0 heterocycles. The van der Waals surface area contributed by atoms with Crippen molar-refractivity contribution in [1.82, 2.24) is 0 Å². The van der Waals surface area contributed by atoms with Crippen LogP contribution in [0.5, 0.6) is 0 Å². The Balaban J connectivity index is 4.60. The van der Waals surface area contributed by atoms with E-state index < -0.39 is 5.41 Å². The maximum atomic E-state index is 5.21. The molecule has 0 aliphatic rings. The fourth-order valence-electron chi connectivity index (χ4n) is 0.657. The molecule has 52 valence electrons. The molecule has 0 saturated carbocycles. The molecule has 0 atom stereocenters. The van der Waals surface area contributed by atoms with Crippen LogP contribution in [-0.2, 0) is 0 Å². The molecule has 0 heteroatoms.